The molecule has 0 aliphatic heterocycles. The Morgan fingerprint density at radius 2 is 2.15 bits per heavy atom. The number of nitro groups is 1. The average molecular weight is 338 g/mol. The number of Topliss-reactive ketones (excluding diaryl/α,β-unsaturated/α-hetero) is 1. The zero-order chi connectivity index (χ0) is 14.5. The molecule has 2 atom stereocenters. The van der Waals surface area contributed by atoms with Crippen LogP contribution >= 0.6 is 15.9 Å². The molecule has 0 bridgehead atoms. The largest absolute Gasteiger partial charge is 0.299 e. The van der Waals surface area contributed by atoms with Crippen molar-refractivity contribution >= 4 is 27.8 Å². The summed E-state index contributed by atoms with van der Waals surface area (Å²) >= 11 is 3.45. The predicted molar refractivity (Wildman–Crippen MR) is 81.0 cm³/mol. The van der Waals surface area contributed by atoms with Crippen LogP contribution in [-0.4, -0.2) is 17.3 Å². The SMILES string of the molecule is O=C1CCC[C@H]1[C@@H](C[N+](=O)[O-])/C(Br)=C/c1ccccc1. The lowest BCUT2D eigenvalue weighted by Gasteiger charge is -2.18. The van der Waals surface area contributed by atoms with Crippen molar-refractivity contribution in [2.75, 3.05) is 6.54 Å². The monoisotopic (exact) mass is 337 g/mol. The summed E-state index contributed by atoms with van der Waals surface area (Å²) in [6.07, 6.45) is 4.00. The highest BCUT2D eigenvalue weighted by Crippen LogP contribution is 2.36. The molecule has 2 rings (SSSR count). The zero-order valence-corrected chi connectivity index (χ0v) is 12.6. The number of carbonyl (C=O) groups is 1. The van der Waals surface area contributed by atoms with Gasteiger partial charge in [0, 0.05) is 21.7 Å². The standard InChI is InChI=1S/C15H16BrNO3/c16-14(9-11-5-2-1-3-6-11)13(10-17(19)20)12-7-4-8-15(12)18/h1-3,5-6,9,12-13H,4,7-8,10H2/b14-9-/t12-,13+/m0/s1. The maximum absolute atomic E-state index is 11.9. The summed E-state index contributed by atoms with van der Waals surface area (Å²) in [7, 11) is 0. The van der Waals surface area contributed by atoms with Crippen LogP contribution in [0.1, 0.15) is 24.8 Å². The number of halogens is 1. The number of nitrogens with zero attached hydrogens (tertiary/aromatic N) is 1. The lowest BCUT2D eigenvalue weighted by Crippen LogP contribution is -2.26. The van der Waals surface area contributed by atoms with Gasteiger partial charge in [0.25, 0.3) is 0 Å². The van der Waals surface area contributed by atoms with E-state index in [1.54, 1.807) is 0 Å². The summed E-state index contributed by atoms with van der Waals surface area (Å²) in [5.74, 6) is -0.440. The highest BCUT2D eigenvalue weighted by Gasteiger charge is 2.36. The first-order chi connectivity index (χ1) is 9.58. The van der Waals surface area contributed by atoms with Gasteiger partial charge in [0.1, 0.15) is 5.78 Å². The molecule has 1 aliphatic carbocycles. The second kappa shape index (κ2) is 6.79. The molecule has 1 saturated carbocycles. The molecule has 0 saturated heterocycles. The van der Waals surface area contributed by atoms with E-state index in [1.165, 1.54) is 0 Å². The third kappa shape index (κ3) is 3.76. The fourth-order valence-corrected chi connectivity index (χ4v) is 3.38. The molecule has 0 unspecified atom stereocenters. The Morgan fingerprint density at radius 1 is 1.45 bits per heavy atom. The molecule has 0 radical (unpaired) electrons. The van der Waals surface area contributed by atoms with Gasteiger partial charge in [-0.15, -0.1) is 0 Å². The van der Waals surface area contributed by atoms with Crippen LogP contribution in [0.2, 0.25) is 0 Å². The Labute approximate surface area is 126 Å². The van der Waals surface area contributed by atoms with Crippen LogP contribution in [0.3, 0.4) is 0 Å². The second-order valence-corrected chi connectivity index (χ2v) is 5.94. The molecule has 1 aromatic rings. The van der Waals surface area contributed by atoms with E-state index in [2.05, 4.69) is 15.9 Å². The van der Waals surface area contributed by atoms with Crippen LogP contribution in [0.4, 0.5) is 0 Å². The summed E-state index contributed by atoms with van der Waals surface area (Å²) in [5, 5.41) is 10.9. The number of carbonyl (C=O) groups excluding carboxylic acids is 1. The Kier molecular flexibility index (Phi) is 5.06. The molecule has 0 aromatic heterocycles. The molecular formula is C15H16BrNO3. The fourth-order valence-electron chi connectivity index (χ4n) is 2.65. The molecule has 0 amide bonds. The van der Waals surface area contributed by atoms with Gasteiger partial charge in [-0.2, -0.15) is 0 Å². The van der Waals surface area contributed by atoms with E-state index in [9.17, 15) is 14.9 Å². The molecule has 1 aromatic carbocycles. The maximum atomic E-state index is 11.9. The minimum Gasteiger partial charge on any atom is -0.299 e. The highest BCUT2D eigenvalue weighted by atomic mass is 79.9. The molecule has 1 aliphatic rings. The van der Waals surface area contributed by atoms with Gasteiger partial charge in [-0.3, -0.25) is 14.9 Å². The highest BCUT2D eigenvalue weighted by molar-refractivity contribution is 9.11. The van der Waals surface area contributed by atoms with Crippen molar-refractivity contribution in [1.29, 1.82) is 0 Å². The zero-order valence-electron chi connectivity index (χ0n) is 11.0. The Bertz CT molecular complexity index is 527. The van der Waals surface area contributed by atoms with E-state index >= 15 is 0 Å². The van der Waals surface area contributed by atoms with E-state index < -0.39 is 0 Å². The van der Waals surface area contributed by atoms with Gasteiger partial charge in [0.2, 0.25) is 6.54 Å². The van der Waals surface area contributed by atoms with Crippen molar-refractivity contribution in [2.45, 2.75) is 19.3 Å². The molecule has 1 fully saturated rings. The molecule has 0 spiro atoms. The molecule has 0 heterocycles. The third-order valence-corrected chi connectivity index (χ3v) is 4.46. The molecule has 5 heteroatoms. The number of hydrogen-bond donors (Lipinski definition) is 0. The summed E-state index contributed by atoms with van der Waals surface area (Å²) in [5.41, 5.74) is 0.971. The van der Waals surface area contributed by atoms with Crippen LogP contribution in [0.25, 0.3) is 6.08 Å². The topological polar surface area (TPSA) is 60.2 Å². The van der Waals surface area contributed by atoms with Crippen molar-refractivity contribution < 1.29 is 9.72 Å². The minimum absolute atomic E-state index is 0.148. The average Bonchev–Trinajstić information content (AvgIpc) is 2.83. The van der Waals surface area contributed by atoms with Gasteiger partial charge in [-0.25, -0.2) is 0 Å². The summed E-state index contributed by atoms with van der Waals surface area (Å²) in [4.78, 5) is 22.4. The van der Waals surface area contributed by atoms with Gasteiger partial charge in [-0.1, -0.05) is 46.3 Å². The lowest BCUT2D eigenvalue weighted by molar-refractivity contribution is -0.487. The Morgan fingerprint density at radius 3 is 2.70 bits per heavy atom. The quantitative estimate of drug-likeness (QED) is 0.608. The normalized spacial score (nSPS) is 20.9. The van der Waals surface area contributed by atoms with Crippen molar-refractivity contribution in [3.05, 3.63) is 50.5 Å². The van der Waals surface area contributed by atoms with Crippen molar-refractivity contribution in [3.63, 3.8) is 0 Å². The van der Waals surface area contributed by atoms with Crippen LogP contribution in [0.15, 0.2) is 34.8 Å². The third-order valence-electron chi connectivity index (χ3n) is 3.64. The summed E-state index contributed by atoms with van der Waals surface area (Å²) in [6, 6.07) is 9.60. The smallest absolute Gasteiger partial charge is 0.211 e. The van der Waals surface area contributed by atoms with Crippen LogP contribution in [-0.2, 0) is 4.79 Å². The number of rotatable bonds is 5. The van der Waals surface area contributed by atoms with E-state index in [-0.39, 0.29) is 29.1 Å². The van der Waals surface area contributed by atoms with Crippen molar-refractivity contribution in [1.82, 2.24) is 0 Å². The summed E-state index contributed by atoms with van der Waals surface area (Å²) in [6.45, 7) is -0.208. The number of benzene rings is 1. The predicted octanol–water partition coefficient (Wildman–Crippen LogP) is 3.68. The molecule has 4 nitrogen and oxygen atoms in total. The van der Waals surface area contributed by atoms with Gasteiger partial charge in [0.15, 0.2) is 0 Å². The Balaban J connectivity index is 2.24. The van der Waals surface area contributed by atoms with E-state index in [0.717, 1.165) is 22.9 Å². The van der Waals surface area contributed by atoms with Crippen LogP contribution in [0.5, 0.6) is 0 Å². The minimum atomic E-state index is -0.361. The van der Waals surface area contributed by atoms with Gasteiger partial charge >= 0.3 is 0 Å². The molecule has 20 heavy (non-hydrogen) atoms. The number of hydrogen-bond acceptors (Lipinski definition) is 3. The molecule has 106 valence electrons. The van der Waals surface area contributed by atoms with E-state index in [4.69, 9.17) is 0 Å². The van der Waals surface area contributed by atoms with E-state index in [1.807, 2.05) is 36.4 Å². The second-order valence-electron chi connectivity index (χ2n) is 5.03. The van der Waals surface area contributed by atoms with Crippen LogP contribution < -0.4 is 0 Å². The molecular weight excluding hydrogens is 322 g/mol. The van der Waals surface area contributed by atoms with Gasteiger partial charge < -0.3 is 0 Å². The Hall–Kier alpha value is -1.49. The lowest BCUT2D eigenvalue weighted by atomic mass is 9.89. The van der Waals surface area contributed by atoms with Crippen molar-refractivity contribution in [2.24, 2.45) is 11.8 Å². The van der Waals surface area contributed by atoms with Crippen molar-refractivity contribution in [3.8, 4) is 0 Å². The van der Waals surface area contributed by atoms with E-state index in [0.29, 0.717) is 6.42 Å². The summed E-state index contributed by atoms with van der Waals surface area (Å²) < 4.78 is 0.737. The maximum Gasteiger partial charge on any atom is 0.211 e. The molecule has 0 N–H and O–H groups in total. The first kappa shape index (κ1) is 14.9. The fraction of sp³-hybridized carbons (Fsp3) is 0.400. The first-order valence-electron chi connectivity index (χ1n) is 6.64. The first-order valence-corrected chi connectivity index (χ1v) is 7.44. The number of ketones is 1. The van der Waals surface area contributed by atoms with Gasteiger partial charge in [-0.05, 0) is 24.5 Å². The van der Waals surface area contributed by atoms with Gasteiger partial charge in [0.05, 0.1) is 5.92 Å². The van der Waals surface area contributed by atoms with Crippen LogP contribution in [0, 0.1) is 22.0 Å².